The number of hydrogen-bond donors (Lipinski definition) is 0. The van der Waals surface area contributed by atoms with E-state index in [1.807, 2.05) is 78.6 Å². The first-order valence-corrected chi connectivity index (χ1v) is 11.9. The Labute approximate surface area is 204 Å². The van der Waals surface area contributed by atoms with Crippen LogP contribution in [0, 0.1) is 0 Å². The van der Waals surface area contributed by atoms with Gasteiger partial charge in [-0.15, -0.1) is 0 Å². The van der Waals surface area contributed by atoms with Crippen molar-refractivity contribution in [1.29, 1.82) is 0 Å². The second-order valence-corrected chi connectivity index (χ2v) is 8.47. The molecule has 4 aromatic rings. The number of rotatable bonds is 9. The monoisotopic (exact) mass is 471 g/mol. The second-order valence-electron chi connectivity index (χ2n) is 8.47. The molecule has 0 saturated carbocycles. The van der Waals surface area contributed by atoms with E-state index in [1.165, 1.54) is 0 Å². The van der Waals surface area contributed by atoms with Crippen molar-refractivity contribution >= 4 is 22.6 Å². The summed E-state index contributed by atoms with van der Waals surface area (Å²) in [6, 6.07) is 23.3. The van der Waals surface area contributed by atoms with Crippen molar-refractivity contribution in [3.05, 3.63) is 78.6 Å². The van der Waals surface area contributed by atoms with Crippen LogP contribution in [0.15, 0.2) is 72.8 Å². The van der Waals surface area contributed by atoms with E-state index in [-0.39, 0.29) is 11.8 Å². The molecule has 0 bridgehead atoms. The molecule has 0 N–H and O–H groups in total. The Morgan fingerprint density at radius 3 is 2.34 bits per heavy atom. The maximum absolute atomic E-state index is 13.0. The Balaban J connectivity index is 1.35. The zero-order chi connectivity index (χ0) is 24.2. The van der Waals surface area contributed by atoms with Crippen molar-refractivity contribution in [2.45, 2.75) is 25.8 Å². The Hall–Kier alpha value is -4.00. The van der Waals surface area contributed by atoms with E-state index in [0.717, 1.165) is 39.8 Å². The fraction of sp³-hybridized carbons (Fsp3) is 0.286. The van der Waals surface area contributed by atoms with Crippen molar-refractivity contribution in [1.82, 2.24) is 9.55 Å². The van der Waals surface area contributed by atoms with Gasteiger partial charge in [0.2, 0.25) is 5.91 Å². The van der Waals surface area contributed by atoms with Crippen LogP contribution in [0.3, 0.4) is 0 Å². The Morgan fingerprint density at radius 1 is 0.914 bits per heavy atom. The summed E-state index contributed by atoms with van der Waals surface area (Å²) in [5.41, 5.74) is 2.86. The number of aromatic nitrogens is 2. The van der Waals surface area contributed by atoms with Gasteiger partial charge in [0.1, 0.15) is 29.7 Å². The summed E-state index contributed by atoms with van der Waals surface area (Å²) in [5.74, 6) is 3.41. The number of anilines is 1. The number of para-hydroxylation sites is 2. The minimum Gasteiger partial charge on any atom is -0.497 e. The summed E-state index contributed by atoms with van der Waals surface area (Å²) in [6.45, 7) is 4.28. The predicted molar refractivity (Wildman–Crippen MR) is 136 cm³/mol. The molecule has 7 nitrogen and oxygen atoms in total. The number of methoxy groups -OCH3 is 1. The molecule has 3 aromatic carbocycles. The largest absolute Gasteiger partial charge is 0.497 e. The van der Waals surface area contributed by atoms with E-state index in [2.05, 4.69) is 10.6 Å². The first-order valence-electron chi connectivity index (χ1n) is 11.9. The smallest absolute Gasteiger partial charge is 0.227 e. The average Bonchev–Trinajstić information content (AvgIpc) is 3.46. The molecule has 5 rings (SSSR count). The molecular formula is C28H29N3O4. The maximum atomic E-state index is 13.0. The van der Waals surface area contributed by atoms with Gasteiger partial charge in [0.05, 0.1) is 31.3 Å². The molecule has 35 heavy (non-hydrogen) atoms. The van der Waals surface area contributed by atoms with Gasteiger partial charge in [0.25, 0.3) is 0 Å². The third kappa shape index (κ3) is 4.80. The molecular weight excluding hydrogens is 442 g/mol. The molecule has 0 spiro atoms. The second kappa shape index (κ2) is 10.1. The molecule has 0 unspecified atom stereocenters. The van der Waals surface area contributed by atoms with Gasteiger partial charge in [-0.1, -0.05) is 12.1 Å². The first kappa shape index (κ1) is 22.8. The normalized spacial score (nSPS) is 15.5. The van der Waals surface area contributed by atoms with E-state index in [9.17, 15) is 4.79 Å². The van der Waals surface area contributed by atoms with Crippen LogP contribution in [-0.2, 0) is 11.3 Å². The minimum atomic E-state index is 0.00227. The zero-order valence-corrected chi connectivity index (χ0v) is 20.0. The number of carbonyl (C=O) groups is 1. The topological polar surface area (TPSA) is 65.8 Å². The molecule has 1 aliphatic heterocycles. The number of fused-ring (bicyclic) bond motifs is 1. The number of amides is 1. The molecule has 1 atom stereocenters. The van der Waals surface area contributed by atoms with E-state index < -0.39 is 0 Å². The van der Waals surface area contributed by atoms with Crippen LogP contribution in [0.25, 0.3) is 11.0 Å². The molecule has 7 heteroatoms. The number of ether oxygens (including phenoxy) is 3. The van der Waals surface area contributed by atoms with Crippen LogP contribution < -0.4 is 19.1 Å². The quantitative estimate of drug-likeness (QED) is 0.342. The summed E-state index contributed by atoms with van der Waals surface area (Å²) >= 11 is 0. The van der Waals surface area contributed by atoms with Gasteiger partial charge in [-0.25, -0.2) is 4.98 Å². The van der Waals surface area contributed by atoms with Crippen molar-refractivity contribution in [3.63, 3.8) is 0 Å². The molecule has 1 amide bonds. The van der Waals surface area contributed by atoms with E-state index >= 15 is 0 Å². The standard InChI is InChI=1S/C28H29N3O4/c1-3-34-23-10-8-21(9-11-23)31-19-20(18-27(31)32)28-29-25-6-4-5-7-26(25)30(28)16-17-35-24-14-12-22(33-2)13-15-24/h4-15,20H,3,16-19H2,1-2H3/t20-/m1/s1. The van der Waals surface area contributed by atoms with Gasteiger partial charge in [0.15, 0.2) is 0 Å². The lowest BCUT2D eigenvalue weighted by Crippen LogP contribution is -2.24. The number of carbonyl (C=O) groups excluding carboxylic acids is 1. The highest BCUT2D eigenvalue weighted by atomic mass is 16.5. The van der Waals surface area contributed by atoms with E-state index in [1.54, 1.807) is 7.11 Å². The van der Waals surface area contributed by atoms with Crippen LogP contribution in [0.2, 0.25) is 0 Å². The SMILES string of the molecule is CCOc1ccc(N2C[C@H](c3nc4ccccc4n3CCOc3ccc(OC)cc3)CC2=O)cc1. The first-order chi connectivity index (χ1) is 17.2. The third-order valence-corrected chi connectivity index (χ3v) is 6.28. The molecule has 0 radical (unpaired) electrons. The molecule has 0 aliphatic carbocycles. The zero-order valence-electron chi connectivity index (χ0n) is 20.0. The highest BCUT2D eigenvalue weighted by molar-refractivity contribution is 5.96. The molecule has 1 saturated heterocycles. The molecule has 1 aliphatic rings. The van der Waals surface area contributed by atoms with Crippen LogP contribution in [-0.4, -0.2) is 42.3 Å². The van der Waals surface area contributed by atoms with Crippen LogP contribution in [0.1, 0.15) is 25.1 Å². The minimum absolute atomic E-state index is 0.00227. The van der Waals surface area contributed by atoms with Crippen LogP contribution in [0.5, 0.6) is 17.2 Å². The number of nitrogens with zero attached hydrogens (tertiary/aromatic N) is 3. The van der Waals surface area contributed by atoms with Crippen molar-refractivity contribution in [3.8, 4) is 17.2 Å². The van der Waals surface area contributed by atoms with Gasteiger partial charge in [-0.05, 0) is 67.6 Å². The van der Waals surface area contributed by atoms with Crippen molar-refractivity contribution in [2.75, 3.05) is 31.8 Å². The lowest BCUT2D eigenvalue weighted by Gasteiger charge is -2.18. The lowest BCUT2D eigenvalue weighted by molar-refractivity contribution is -0.117. The lowest BCUT2D eigenvalue weighted by atomic mass is 10.1. The Morgan fingerprint density at radius 2 is 1.60 bits per heavy atom. The number of imidazole rings is 1. The third-order valence-electron chi connectivity index (χ3n) is 6.28. The maximum Gasteiger partial charge on any atom is 0.227 e. The Kier molecular flexibility index (Phi) is 6.57. The summed E-state index contributed by atoms with van der Waals surface area (Å²) < 4.78 is 18.9. The van der Waals surface area contributed by atoms with Crippen LogP contribution >= 0.6 is 0 Å². The summed E-state index contributed by atoms with van der Waals surface area (Å²) in [5, 5.41) is 0. The number of hydrogen-bond acceptors (Lipinski definition) is 5. The van der Waals surface area contributed by atoms with E-state index in [0.29, 0.717) is 32.7 Å². The molecule has 180 valence electrons. The molecule has 2 heterocycles. The van der Waals surface area contributed by atoms with Crippen molar-refractivity contribution < 1.29 is 19.0 Å². The van der Waals surface area contributed by atoms with Crippen LogP contribution in [0.4, 0.5) is 5.69 Å². The summed E-state index contributed by atoms with van der Waals surface area (Å²) in [7, 11) is 1.65. The fourth-order valence-corrected chi connectivity index (χ4v) is 4.59. The summed E-state index contributed by atoms with van der Waals surface area (Å²) in [4.78, 5) is 19.8. The fourth-order valence-electron chi connectivity index (χ4n) is 4.59. The van der Waals surface area contributed by atoms with Gasteiger partial charge in [-0.3, -0.25) is 4.79 Å². The predicted octanol–water partition coefficient (Wildman–Crippen LogP) is 5.04. The van der Waals surface area contributed by atoms with Gasteiger partial charge >= 0.3 is 0 Å². The van der Waals surface area contributed by atoms with E-state index in [4.69, 9.17) is 19.2 Å². The summed E-state index contributed by atoms with van der Waals surface area (Å²) in [6.07, 6.45) is 0.426. The number of benzene rings is 3. The highest BCUT2D eigenvalue weighted by Crippen LogP contribution is 2.34. The Bertz CT molecular complexity index is 1300. The van der Waals surface area contributed by atoms with Gasteiger partial charge in [0, 0.05) is 24.6 Å². The van der Waals surface area contributed by atoms with Gasteiger partial charge < -0.3 is 23.7 Å². The van der Waals surface area contributed by atoms with Gasteiger partial charge in [-0.2, -0.15) is 0 Å². The average molecular weight is 472 g/mol. The highest BCUT2D eigenvalue weighted by Gasteiger charge is 2.34. The molecule has 1 aromatic heterocycles. The van der Waals surface area contributed by atoms with Crippen molar-refractivity contribution in [2.24, 2.45) is 0 Å². The molecule has 1 fully saturated rings.